The first-order valence-corrected chi connectivity index (χ1v) is 6.87. The lowest BCUT2D eigenvalue weighted by Crippen LogP contribution is -2.03. The minimum atomic E-state index is -0.125. The summed E-state index contributed by atoms with van der Waals surface area (Å²) < 4.78 is 11.7. The molecule has 0 aliphatic rings. The molecule has 0 atom stereocenters. The molecule has 21 heavy (non-hydrogen) atoms. The van der Waals surface area contributed by atoms with Crippen LogP contribution in [0.25, 0.3) is 0 Å². The van der Waals surface area contributed by atoms with Gasteiger partial charge in [-0.15, -0.1) is 6.42 Å². The van der Waals surface area contributed by atoms with Crippen LogP contribution in [0, 0.1) is 26.2 Å². The second-order valence-electron chi connectivity index (χ2n) is 5.06. The molecule has 0 aliphatic heterocycles. The summed E-state index contributed by atoms with van der Waals surface area (Å²) >= 11 is 0. The zero-order chi connectivity index (χ0) is 14.8. The van der Waals surface area contributed by atoms with Crippen molar-refractivity contribution in [3.05, 3.63) is 82.7 Å². The number of rotatable bonds is 3. The van der Waals surface area contributed by atoms with Gasteiger partial charge < -0.3 is 8.83 Å². The van der Waals surface area contributed by atoms with Crippen LogP contribution in [-0.4, -0.2) is 0 Å². The normalized spacial score (nSPS) is 10.8. The molecule has 0 fully saturated rings. The van der Waals surface area contributed by atoms with Crippen LogP contribution in [-0.2, 0) is 0 Å². The van der Waals surface area contributed by atoms with Gasteiger partial charge in [-0.2, -0.15) is 0 Å². The molecule has 2 heteroatoms. The van der Waals surface area contributed by atoms with E-state index in [0.717, 1.165) is 34.2 Å². The van der Waals surface area contributed by atoms with Gasteiger partial charge in [0.1, 0.15) is 29.0 Å². The second-order valence-corrected chi connectivity index (χ2v) is 5.06. The van der Waals surface area contributed by atoms with Crippen LogP contribution in [0.4, 0.5) is 0 Å². The van der Waals surface area contributed by atoms with Crippen LogP contribution in [0.5, 0.6) is 0 Å². The van der Waals surface area contributed by atoms with Crippen LogP contribution < -0.4 is 0 Å². The minimum absolute atomic E-state index is 0.125. The van der Waals surface area contributed by atoms with Gasteiger partial charge in [0.25, 0.3) is 0 Å². The largest absolute Gasteiger partial charge is 0.465 e. The molecule has 3 rings (SSSR count). The highest BCUT2D eigenvalue weighted by atomic mass is 16.4. The topological polar surface area (TPSA) is 26.3 Å². The molecule has 0 amide bonds. The SMILES string of the molecule is C#Cc1ccccc1C(c1ccc(C)o1)c1ccc(C)o1. The summed E-state index contributed by atoms with van der Waals surface area (Å²) in [5.41, 5.74) is 1.87. The molecule has 0 bridgehead atoms. The van der Waals surface area contributed by atoms with Crippen molar-refractivity contribution < 1.29 is 8.83 Å². The summed E-state index contributed by atoms with van der Waals surface area (Å²) in [5.74, 6) is 6.04. The highest BCUT2D eigenvalue weighted by molar-refractivity contribution is 5.47. The highest BCUT2D eigenvalue weighted by Gasteiger charge is 2.25. The van der Waals surface area contributed by atoms with Crippen LogP contribution >= 0.6 is 0 Å². The van der Waals surface area contributed by atoms with E-state index in [2.05, 4.69) is 5.92 Å². The van der Waals surface area contributed by atoms with Gasteiger partial charge in [0.2, 0.25) is 0 Å². The van der Waals surface area contributed by atoms with Crippen LogP contribution in [0.1, 0.15) is 40.1 Å². The predicted molar refractivity (Wildman–Crippen MR) is 82.2 cm³/mol. The summed E-state index contributed by atoms with van der Waals surface area (Å²) in [6.07, 6.45) is 5.64. The highest BCUT2D eigenvalue weighted by Crippen LogP contribution is 2.35. The molecule has 0 radical (unpaired) electrons. The van der Waals surface area contributed by atoms with Crippen LogP contribution in [0.15, 0.2) is 57.4 Å². The Bertz CT molecular complexity index is 759. The third-order valence-corrected chi connectivity index (χ3v) is 3.52. The molecule has 0 unspecified atom stereocenters. The van der Waals surface area contributed by atoms with Crippen molar-refractivity contribution >= 4 is 0 Å². The van der Waals surface area contributed by atoms with Gasteiger partial charge >= 0.3 is 0 Å². The molecule has 0 saturated heterocycles. The van der Waals surface area contributed by atoms with E-state index in [4.69, 9.17) is 15.3 Å². The van der Waals surface area contributed by atoms with Crippen molar-refractivity contribution in [1.29, 1.82) is 0 Å². The van der Waals surface area contributed by atoms with E-state index < -0.39 is 0 Å². The Morgan fingerprint density at radius 3 is 1.90 bits per heavy atom. The monoisotopic (exact) mass is 276 g/mol. The van der Waals surface area contributed by atoms with Gasteiger partial charge in [0, 0.05) is 5.56 Å². The number of hydrogen-bond donors (Lipinski definition) is 0. The van der Waals surface area contributed by atoms with Gasteiger partial charge in [-0.1, -0.05) is 24.1 Å². The Hall–Kier alpha value is -2.66. The first-order valence-electron chi connectivity index (χ1n) is 6.87. The molecule has 2 nitrogen and oxygen atoms in total. The minimum Gasteiger partial charge on any atom is -0.465 e. The number of terminal acetylenes is 1. The number of furan rings is 2. The summed E-state index contributed by atoms with van der Waals surface area (Å²) in [6.45, 7) is 3.86. The van der Waals surface area contributed by atoms with E-state index in [1.807, 2.05) is 62.4 Å². The molecule has 0 N–H and O–H groups in total. The fourth-order valence-electron chi connectivity index (χ4n) is 2.54. The number of aryl methyl sites for hydroxylation is 2. The Balaban J connectivity index is 2.19. The van der Waals surface area contributed by atoms with Crippen LogP contribution in [0.3, 0.4) is 0 Å². The van der Waals surface area contributed by atoms with Gasteiger partial charge in [-0.05, 0) is 49.7 Å². The lowest BCUT2D eigenvalue weighted by atomic mass is 9.90. The molecule has 2 aromatic heterocycles. The molecule has 1 aromatic carbocycles. The predicted octanol–water partition coefficient (Wildman–Crippen LogP) is 4.65. The van der Waals surface area contributed by atoms with Gasteiger partial charge in [0.05, 0.1) is 0 Å². The Labute approximate surface area is 124 Å². The summed E-state index contributed by atoms with van der Waals surface area (Å²) in [4.78, 5) is 0. The molecule has 2 heterocycles. The van der Waals surface area contributed by atoms with Crippen molar-refractivity contribution in [1.82, 2.24) is 0 Å². The maximum Gasteiger partial charge on any atom is 0.119 e. The van der Waals surface area contributed by atoms with E-state index in [-0.39, 0.29) is 5.92 Å². The summed E-state index contributed by atoms with van der Waals surface area (Å²) in [6, 6.07) is 15.7. The molecule has 0 aliphatic carbocycles. The van der Waals surface area contributed by atoms with E-state index in [1.165, 1.54) is 0 Å². The standard InChI is InChI=1S/C19H16O2/c1-4-15-7-5-6-8-16(15)19(17-11-9-13(2)20-17)18-12-10-14(3)21-18/h1,5-12,19H,2-3H3. The van der Waals surface area contributed by atoms with Crippen LogP contribution in [0.2, 0.25) is 0 Å². The average Bonchev–Trinajstić information content (AvgIpc) is 3.09. The molecular formula is C19H16O2. The third kappa shape index (κ3) is 2.51. The van der Waals surface area contributed by atoms with Gasteiger partial charge in [0.15, 0.2) is 0 Å². The van der Waals surface area contributed by atoms with Crippen molar-refractivity contribution in [2.75, 3.05) is 0 Å². The van der Waals surface area contributed by atoms with Gasteiger partial charge in [-0.3, -0.25) is 0 Å². The average molecular weight is 276 g/mol. The molecule has 0 spiro atoms. The quantitative estimate of drug-likeness (QED) is 0.651. The van der Waals surface area contributed by atoms with Crippen molar-refractivity contribution in [2.24, 2.45) is 0 Å². The van der Waals surface area contributed by atoms with Gasteiger partial charge in [-0.25, -0.2) is 0 Å². The second kappa shape index (κ2) is 5.38. The van der Waals surface area contributed by atoms with Crippen molar-refractivity contribution in [3.8, 4) is 12.3 Å². The lowest BCUT2D eigenvalue weighted by molar-refractivity contribution is 0.428. The fourth-order valence-corrected chi connectivity index (χ4v) is 2.54. The summed E-state index contributed by atoms with van der Waals surface area (Å²) in [5, 5.41) is 0. The zero-order valence-electron chi connectivity index (χ0n) is 12.1. The zero-order valence-corrected chi connectivity index (χ0v) is 12.1. The van der Waals surface area contributed by atoms with E-state index in [1.54, 1.807) is 0 Å². The summed E-state index contributed by atoms with van der Waals surface area (Å²) in [7, 11) is 0. The first-order chi connectivity index (χ1) is 10.2. The third-order valence-electron chi connectivity index (χ3n) is 3.52. The van der Waals surface area contributed by atoms with E-state index in [0.29, 0.717) is 0 Å². The van der Waals surface area contributed by atoms with Crippen molar-refractivity contribution in [3.63, 3.8) is 0 Å². The van der Waals surface area contributed by atoms with Crippen molar-refractivity contribution in [2.45, 2.75) is 19.8 Å². The first kappa shape index (κ1) is 13.3. The molecule has 104 valence electrons. The Morgan fingerprint density at radius 1 is 0.857 bits per heavy atom. The number of benzene rings is 1. The maximum absolute atomic E-state index is 5.83. The lowest BCUT2D eigenvalue weighted by Gasteiger charge is -2.15. The fraction of sp³-hybridized carbons (Fsp3) is 0.158. The number of hydrogen-bond acceptors (Lipinski definition) is 2. The Kier molecular flexibility index (Phi) is 3.41. The Morgan fingerprint density at radius 2 is 1.43 bits per heavy atom. The van der Waals surface area contributed by atoms with E-state index >= 15 is 0 Å². The molecule has 3 aromatic rings. The molecule has 0 saturated carbocycles. The van der Waals surface area contributed by atoms with E-state index in [9.17, 15) is 0 Å². The molecular weight excluding hydrogens is 260 g/mol. The maximum atomic E-state index is 5.83. The smallest absolute Gasteiger partial charge is 0.119 e.